The molecule has 1 rings (SSSR count). The van der Waals surface area contributed by atoms with Crippen molar-refractivity contribution >= 4 is 0 Å². The summed E-state index contributed by atoms with van der Waals surface area (Å²) in [6.07, 6.45) is 0. The third-order valence-corrected chi connectivity index (χ3v) is 1.23. The van der Waals surface area contributed by atoms with Crippen LogP contribution in [0, 0.1) is 20.8 Å². The maximum Gasteiger partial charge on any atom is 1.00 e. The molecule has 0 saturated heterocycles. The molecule has 0 aliphatic carbocycles. The Kier molecular flexibility index (Phi) is 3.00. The summed E-state index contributed by atoms with van der Waals surface area (Å²) in [6.45, 7) is 6.11. The average Bonchev–Trinajstić information content (AvgIpc) is 1.59. The van der Waals surface area contributed by atoms with Crippen LogP contribution in [0.2, 0.25) is 0 Å². The van der Waals surface area contributed by atoms with E-state index in [1.54, 1.807) is 0 Å². The van der Waals surface area contributed by atoms with Crippen LogP contribution in [0.25, 0.3) is 0 Å². The zero-order valence-electron chi connectivity index (χ0n) is 7.48. The lowest BCUT2D eigenvalue weighted by Crippen LogP contribution is -3.00. The molecule has 1 heterocycles. The summed E-state index contributed by atoms with van der Waals surface area (Å²) in [6, 6.07) is 4.15. The molecule has 2 heteroatoms. The third-order valence-electron chi connectivity index (χ3n) is 1.23. The zero-order valence-corrected chi connectivity index (χ0v) is 6.48. The van der Waals surface area contributed by atoms with Crippen LogP contribution in [-0.2, 0) is 0 Å². The van der Waals surface area contributed by atoms with Gasteiger partial charge < -0.3 is 4.70 Å². The van der Waals surface area contributed by atoms with Crippen LogP contribution in [0.5, 0.6) is 0 Å². The van der Waals surface area contributed by atoms with E-state index in [0.717, 1.165) is 11.4 Å². The number of pyridine rings is 1. The number of nitrogens with zero attached hydrogens (tertiary/aromatic N) is 1. The van der Waals surface area contributed by atoms with Crippen molar-refractivity contribution in [3.05, 3.63) is 29.1 Å². The van der Waals surface area contributed by atoms with Gasteiger partial charge in [0, 0.05) is 11.4 Å². The maximum atomic E-state index is 4.23. The minimum absolute atomic E-state index is 0. The van der Waals surface area contributed by atoms with Crippen LogP contribution in [0.15, 0.2) is 12.1 Å². The Morgan fingerprint density at radius 3 is 1.80 bits per heavy atom. The standard InChI is InChI=1S/C8H11N.FH/c1-6-4-7(2)9-8(3)5-6;/h4-5H,1-3H3;1H. The Labute approximate surface area is 62.0 Å². The molecule has 1 aromatic rings. The molecule has 0 spiro atoms. The predicted octanol–water partition coefficient (Wildman–Crippen LogP) is -0.877. The van der Waals surface area contributed by atoms with Gasteiger partial charge in [0.05, 0.1) is 0 Å². The Morgan fingerprint density at radius 2 is 1.50 bits per heavy atom. The van der Waals surface area contributed by atoms with Crippen LogP contribution >= 0.6 is 0 Å². The highest BCUT2D eigenvalue weighted by atomic mass is 19.0. The molecule has 1 nitrogen and oxygen atoms in total. The van der Waals surface area contributed by atoms with Crippen molar-refractivity contribution in [2.24, 2.45) is 0 Å². The van der Waals surface area contributed by atoms with E-state index in [1.807, 2.05) is 13.8 Å². The fraction of sp³-hybridized carbons (Fsp3) is 0.375. The van der Waals surface area contributed by atoms with E-state index in [4.69, 9.17) is 0 Å². The van der Waals surface area contributed by atoms with Crippen molar-refractivity contribution in [1.29, 1.82) is 0 Å². The first-order valence-corrected chi connectivity index (χ1v) is 3.10. The number of hydrogen-bond donors (Lipinski definition) is 0. The largest absolute Gasteiger partial charge is 1.00 e. The molecule has 0 N–H and O–H groups in total. The van der Waals surface area contributed by atoms with Crippen molar-refractivity contribution < 1.29 is 6.13 Å². The highest BCUT2D eigenvalue weighted by Gasteiger charge is 1.88. The van der Waals surface area contributed by atoms with E-state index < -0.39 is 0 Å². The summed E-state index contributed by atoms with van der Waals surface area (Å²) < 4.78 is 0. The summed E-state index contributed by atoms with van der Waals surface area (Å²) >= 11 is 0. The van der Waals surface area contributed by atoms with Crippen LogP contribution in [0.3, 0.4) is 0 Å². The molecule has 0 fully saturated rings. The Hall–Kier alpha value is -0.920. The Balaban J connectivity index is 0. The summed E-state index contributed by atoms with van der Waals surface area (Å²) in [4.78, 5) is 4.23. The third kappa shape index (κ3) is 2.13. The number of halogens is 1. The summed E-state index contributed by atoms with van der Waals surface area (Å²) in [7, 11) is 0. The molecule has 1 aromatic heterocycles. The number of hydrogen-bond acceptors (Lipinski definition) is 1. The van der Waals surface area contributed by atoms with Gasteiger partial charge in [0.25, 0.3) is 0 Å². The van der Waals surface area contributed by atoms with E-state index >= 15 is 0 Å². The molecule has 0 aromatic carbocycles. The second-order valence-electron chi connectivity index (χ2n) is 2.43. The molecule has 10 heavy (non-hydrogen) atoms. The van der Waals surface area contributed by atoms with E-state index in [1.165, 1.54) is 5.56 Å². The number of aromatic nitrogens is 1. The van der Waals surface area contributed by atoms with Crippen LogP contribution < -0.4 is 4.70 Å². The smallest absolute Gasteiger partial charge is 1.00 e. The lowest BCUT2D eigenvalue weighted by molar-refractivity contribution is -0.00000227. The Bertz CT molecular complexity index is 175. The summed E-state index contributed by atoms with van der Waals surface area (Å²) in [5, 5.41) is 0. The fourth-order valence-electron chi connectivity index (χ4n) is 1.04. The molecule has 0 aliphatic heterocycles. The van der Waals surface area contributed by atoms with Crippen molar-refractivity contribution in [2.75, 3.05) is 0 Å². The minimum atomic E-state index is 0. The molecule has 0 unspecified atom stereocenters. The van der Waals surface area contributed by atoms with Crippen LogP contribution in [0.4, 0.5) is 0 Å². The van der Waals surface area contributed by atoms with Gasteiger partial charge >= 0.3 is 1.43 Å². The normalized spacial score (nSPS) is 8.70. The van der Waals surface area contributed by atoms with Gasteiger partial charge in [-0.05, 0) is 38.5 Å². The number of aryl methyl sites for hydroxylation is 3. The quantitative estimate of drug-likeness (QED) is 0.457. The van der Waals surface area contributed by atoms with Gasteiger partial charge in [-0.1, -0.05) is 0 Å². The van der Waals surface area contributed by atoms with E-state index in [-0.39, 0.29) is 6.13 Å². The second kappa shape index (κ2) is 3.30. The maximum absolute atomic E-state index is 4.23. The first-order chi connectivity index (χ1) is 4.18. The molecule has 0 radical (unpaired) electrons. The topological polar surface area (TPSA) is 12.9 Å². The summed E-state index contributed by atoms with van der Waals surface area (Å²) in [5.74, 6) is 0. The Morgan fingerprint density at radius 1 is 1.10 bits per heavy atom. The van der Waals surface area contributed by atoms with Gasteiger partial charge in [0.15, 0.2) is 0 Å². The molecule has 0 atom stereocenters. The molecule has 0 saturated carbocycles. The first kappa shape index (κ1) is 9.08. The summed E-state index contributed by atoms with van der Waals surface area (Å²) in [5.41, 5.74) is 3.50. The lowest BCUT2D eigenvalue weighted by atomic mass is 10.2. The van der Waals surface area contributed by atoms with Gasteiger partial charge in [0.1, 0.15) is 0 Å². The average molecular weight is 141 g/mol. The second-order valence-corrected chi connectivity index (χ2v) is 2.43. The van der Waals surface area contributed by atoms with E-state index in [9.17, 15) is 0 Å². The lowest BCUT2D eigenvalue weighted by Gasteiger charge is -1.96. The SMILES string of the molecule is Cc1cc(C)nc(C)c1.[F-].[H+]. The van der Waals surface area contributed by atoms with Gasteiger partial charge in [-0.3, -0.25) is 4.98 Å². The highest BCUT2D eigenvalue weighted by molar-refractivity contribution is 5.18. The molecule has 56 valence electrons. The first-order valence-electron chi connectivity index (χ1n) is 3.10. The van der Waals surface area contributed by atoms with Crippen molar-refractivity contribution in [3.63, 3.8) is 0 Å². The monoisotopic (exact) mass is 141 g/mol. The van der Waals surface area contributed by atoms with Gasteiger partial charge in [-0.15, -0.1) is 0 Å². The fourth-order valence-corrected chi connectivity index (χ4v) is 1.04. The molecule has 0 bridgehead atoms. The minimum Gasteiger partial charge on any atom is -1.00 e. The van der Waals surface area contributed by atoms with E-state index in [2.05, 4.69) is 24.0 Å². The highest BCUT2D eigenvalue weighted by Crippen LogP contribution is 2.01. The zero-order chi connectivity index (χ0) is 6.85. The van der Waals surface area contributed by atoms with Crippen LogP contribution in [0.1, 0.15) is 18.4 Å². The molecule has 0 amide bonds. The van der Waals surface area contributed by atoms with Gasteiger partial charge in [-0.25, -0.2) is 0 Å². The predicted molar refractivity (Wildman–Crippen MR) is 39.6 cm³/mol. The molecular weight excluding hydrogens is 129 g/mol. The molecule has 0 aliphatic rings. The van der Waals surface area contributed by atoms with Crippen molar-refractivity contribution in [1.82, 2.24) is 4.98 Å². The van der Waals surface area contributed by atoms with Crippen molar-refractivity contribution in [3.8, 4) is 0 Å². The van der Waals surface area contributed by atoms with E-state index in [0.29, 0.717) is 0 Å². The number of rotatable bonds is 0. The molecular formula is C8H12FN. The van der Waals surface area contributed by atoms with Gasteiger partial charge in [-0.2, -0.15) is 0 Å². The van der Waals surface area contributed by atoms with Crippen LogP contribution in [-0.4, -0.2) is 4.98 Å². The van der Waals surface area contributed by atoms with Gasteiger partial charge in [0.2, 0.25) is 0 Å². The van der Waals surface area contributed by atoms with Crippen molar-refractivity contribution in [2.45, 2.75) is 20.8 Å².